The van der Waals surface area contributed by atoms with Gasteiger partial charge in [-0.1, -0.05) is 35.5 Å². The lowest BCUT2D eigenvalue weighted by Gasteiger charge is -2.20. The van der Waals surface area contributed by atoms with Gasteiger partial charge in [0, 0.05) is 12.1 Å². The summed E-state index contributed by atoms with van der Waals surface area (Å²) in [6.45, 7) is 0.893. The Morgan fingerprint density at radius 1 is 1.14 bits per heavy atom. The maximum Gasteiger partial charge on any atom is 0.119 e. The van der Waals surface area contributed by atoms with Gasteiger partial charge < -0.3 is 4.74 Å². The number of aryl methyl sites for hydroxylation is 2. The second-order valence-electron chi connectivity index (χ2n) is 5.16. The molecular weight excluding hydrogens is 262 g/mol. The summed E-state index contributed by atoms with van der Waals surface area (Å²) < 4.78 is 7.32. The van der Waals surface area contributed by atoms with Crippen LogP contribution in [0.15, 0.2) is 48.7 Å². The van der Waals surface area contributed by atoms with Crippen molar-refractivity contribution in [2.24, 2.45) is 0 Å². The molecule has 2 aromatic carbocycles. The smallest absolute Gasteiger partial charge is 0.119 e. The Labute approximate surface area is 123 Å². The van der Waals surface area contributed by atoms with Crippen LogP contribution in [-0.2, 0) is 13.0 Å². The van der Waals surface area contributed by atoms with Gasteiger partial charge in [-0.05, 0) is 35.2 Å². The molecule has 0 unspecified atom stereocenters. The van der Waals surface area contributed by atoms with Crippen molar-refractivity contribution in [1.82, 2.24) is 15.0 Å². The number of fused-ring (bicyclic) bond motifs is 3. The molecule has 0 N–H and O–H groups in total. The average molecular weight is 277 g/mol. The van der Waals surface area contributed by atoms with Gasteiger partial charge in [-0.3, -0.25) is 0 Å². The first-order chi connectivity index (χ1) is 10.4. The largest absolute Gasteiger partial charge is 0.497 e. The number of hydrogen-bond acceptors (Lipinski definition) is 3. The van der Waals surface area contributed by atoms with E-state index in [9.17, 15) is 0 Å². The van der Waals surface area contributed by atoms with E-state index in [0.29, 0.717) is 0 Å². The Kier molecular flexibility index (Phi) is 2.74. The van der Waals surface area contributed by atoms with E-state index in [1.807, 2.05) is 23.0 Å². The molecule has 4 rings (SSSR count). The fourth-order valence-corrected chi connectivity index (χ4v) is 2.98. The van der Waals surface area contributed by atoms with Gasteiger partial charge >= 0.3 is 0 Å². The third kappa shape index (κ3) is 1.91. The molecule has 0 spiro atoms. The molecule has 3 aromatic rings. The summed E-state index contributed by atoms with van der Waals surface area (Å²) in [6, 6.07) is 14.6. The molecule has 0 aliphatic carbocycles. The van der Waals surface area contributed by atoms with Gasteiger partial charge in [-0.25, -0.2) is 4.68 Å². The molecule has 0 saturated carbocycles. The van der Waals surface area contributed by atoms with Crippen LogP contribution >= 0.6 is 0 Å². The lowest BCUT2D eigenvalue weighted by atomic mass is 9.90. The second kappa shape index (κ2) is 4.74. The molecule has 1 aliphatic rings. The molecule has 0 amide bonds. The number of ether oxygens (including phenoxy) is 1. The molecule has 1 aromatic heterocycles. The molecule has 0 bridgehead atoms. The minimum absolute atomic E-state index is 0.868. The zero-order chi connectivity index (χ0) is 14.2. The molecule has 2 heterocycles. The van der Waals surface area contributed by atoms with Crippen molar-refractivity contribution >= 4 is 0 Å². The highest BCUT2D eigenvalue weighted by atomic mass is 16.5. The van der Waals surface area contributed by atoms with Crippen LogP contribution < -0.4 is 4.74 Å². The maximum absolute atomic E-state index is 5.34. The van der Waals surface area contributed by atoms with E-state index in [0.717, 1.165) is 30.0 Å². The van der Waals surface area contributed by atoms with E-state index >= 15 is 0 Å². The van der Waals surface area contributed by atoms with E-state index in [1.165, 1.54) is 16.7 Å². The van der Waals surface area contributed by atoms with Gasteiger partial charge in [0.25, 0.3) is 0 Å². The summed E-state index contributed by atoms with van der Waals surface area (Å²) in [6.07, 6.45) is 2.84. The molecule has 0 atom stereocenters. The minimum atomic E-state index is 0.868. The Balaban J connectivity index is 1.96. The number of hydrogen-bond donors (Lipinski definition) is 0. The van der Waals surface area contributed by atoms with Crippen LogP contribution in [0.2, 0.25) is 0 Å². The number of methoxy groups -OCH3 is 1. The van der Waals surface area contributed by atoms with E-state index in [2.05, 4.69) is 40.6 Å². The topological polar surface area (TPSA) is 39.9 Å². The Bertz CT molecular complexity index is 807. The number of nitrogens with zero attached hydrogens (tertiary/aromatic N) is 3. The number of benzene rings is 2. The summed E-state index contributed by atoms with van der Waals surface area (Å²) in [7, 11) is 1.69. The Morgan fingerprint density at radius 2 is 2.05 bits per heavy atom. The van der Waals surface area contributed by atoms with Crippen LogP contribution in [0.1, 0.15) is 5.56 Å². The van der Waals surface area contributed by atoms with Crippen molar-refractivity contribution in [3.63, 3.8) is 0 Å². The van der Waals surface area contributed by atoms with Gasteiger partial charge in [0.2, 0.25) is 0 Å². The number of aromatic nitrogens is 3. The van der Waals surface area contributed by atoms with Crippen molar-refractivity contribution in [2.45, 2.75) is 13.0 Å². The first-order valence-corrected chi connectivity index (χ1v) is 7.02. The van der Waals surface area contributed by atoms with Gasteiger partial charge in [0.1, 0.15) is 5.75 Å². The molecule has 4 nitrogen and oxygen atoms in total. The standard InChI is InChI=1S/C17H15N3O/c1-21-14-6-2-5-13(10-14)15-7-3-4-12-8-9-20-16(17(12)15)11-18-19-20/h2-7,10-11H,8-9H2,1H3. The summed E-state index contributed by atoms with van der Waals surface area (Å²) in [5, 5.41) is 8.23. The third-order valence-corrected chi connectivity index (χ3v) is 4.00. The molecule has 0 saturated heterocycles. The molecule has 1 aliphatic heterocycles. The molecule has 4 heteroatoms. The summed E-state index contributed by atoms with van der Waals surface area (Å²) in [4.78, 5) is 0. The Hall–Kier alpha value is -2.62. The predicted octanol–water partition coefficient (Wildman–Crippen LogP) is 3.18. The highest BCUT2D eigenvalue weighted by Gasteiger charge is 2.20. The van der Waals surface area contributed by atoms with E-state index < -0.39 is 0 Å². The van der Waals surface area contributed by atoms with Crippen LogP contribution in [0.5, 0.6) is 5.75 Å². The first kappa shape index (κ1) is 12.1. The van der Waals surface area contributed by atoms with E-state index in [1.54, 1.807) is 7.11 Å². The molecule has 0 radical (unpaired) electrons. The fourth-order valence-electron chi connectivity index (χ4n) is 2.98. The van der Waals surface area contributed by atoms with Crippen molar-refractivity contribution in [3.05, 3.63) is 54.2 Å². The van der Waals surface area contributed by atoms with Gasteiger partial charge in [-0.2, -0.15) is 0 Å². The Morgan fingerprint density at radius 3 is 2.95 bits per heavy atom. The molecular formula is C17H15N3O. The van der Waals surface area contributed by atoms with Crippen molar-refractivity contribution < 1.29 is 4.74 Å². The fraction of sp³-hybridized carbons (Fsp3) is 0.176. The minimum Gasteiger partial charge on any atom is -0.497 e. The van der Waals surface area contributed by atoms with Crippen molar-refractivity contribution in [1.29, 1.82) is 0 Å². The summed E-state index contributed by atoms with van der Waals surface area (Å²) >= 11 is 0. The second-order valence-corrected chi connectivity index (χ2v) is 5.16. The van der Waals surface area contributed by atoms with Crippen LogP contribution in [-0.4, -0.2) is 22.1 Å². The lowest BCUT2D eigenvalue weighted by molar-refractivity contribution is 0.415. The SMILES string of the molecule is COc1cccc(-c2cccc3c2-c2cnnn2CC3)c1. The van der Waals surface area contributed by atoms with Gasteiger partial charge in [-0.15, -0.1) is 5.10 Å². The molecule has 104 valence electrons. The van der Waals surface area contributed by atoms with Crippen LogP contribution in [0, 0.1) is 0 Å². The van der Waals surface area contributed by atoms with Crippen LogP contribution in [0.4, 0.5) is 0 Å². The van der Waals surface area contributed by atoms with E-state index in [-0.39, 0.29) is 0 Å². The zero-order valence-electron chi connectivity index (χ0n) is 11.8. The first-order valence-electron chi connectivity index (χ1n) is 7.02. The van der Waals surface area contributed by atoms with E-state index in [4.69, 9.17) is 4.74 Å². The van der Waals surface area contributed by atoms with Crippen molar-refractivity contribution in [3.8, 4) is 28.1 Å². The maximum atomic E-state index is 5.34. The van der Waals surface area contributed by atoms with Gasteiger partial charge in [0.15, 0.2) is 0 Å². The molecule has 21 heavy (non-hydrogen) atoms. The zero-order valence-corrected chi connectivity index (χ0v) is 11.8. The van der Waals surface area contributed by atoms with Crippen LogP contribution in [0.3, 0.4) is 0 Å². The molecule has 0 fully saturated rings. The van der Waals surface area contributed by atoms with Crippen LogP contribution in [0.25, 0.3) is 22.4 Å². The monoisotopic (exact) mass is 277 g/mol. The highest BCUT2D eigenvalue weighted by Crippen LogP contribution is 2.38. The normalized spacial score (nSPS) is 12.6. The lowest BCUT2D eigenvalue weighted by Crippen LogP contribution is -2.12. The van der Waals surface area contributed by atoms with Crippen molar-refractivity contribution in [2.75, 3.05) is 7.11 Å². The number of rotatable bonds is 2. The quantitative estimate of drug-likeness (QED) is 0.722. The predicted molar refractivity (Wildman–Crippen MR) is 81.2 cm³/mol. The highest BCUT2D eigenvalue weighted by molar-refractivity contribution is 5.85. The third-order valence-electron chi connectivity index (χ3n) is 4.00. The summed E-state index contributed by atoms with van der Waals surface area (Å²) in [5.74, 6) is 0.868. The van der Waals surface area contributed by atoms with Gasteiger partial charge in [0.05, 0.1) is 19.0 Å². The average Bonchev–Trinajstić information content (AvgIpc) is 3.03. The summed E-state index contributed by atoms with van der Waals surface area (Å²) in [5.41, 5.74) is 6.04.